The number of carbonyl (C=O) groups is 1. The van der Waals surface area contributed by atoms with Gasteiger partial charge in [0.2, 0.25) is 5.69 Å². The van der Waals surface area contributed by atoms with Gasteiger partial charge in [-0.3, -0.25) is 0 Å². The second-order valence-electron chi connectivity index (χ2n) is 4.67. The van der Waals surface area contributed by atoms with Gasteiger partial charge in [0.25, 0.3) is 0 Å². The van der Waals surface area contributed by atoms with Crippen LogP contribution >= 0.6 is 0 Å². The molecule has 0 radical (unpaired) electrons. The number of nitrogens with zero attached hydrogens (tertiary/aromatic N) is 1. The van der Waals surface area contributed by atoms with Crippen molar-refractivity contribution in [2.75, 3.05) is 6.61 Å². The summed E-state index contributed by atoms with van der Waals surface area (Å²) in [6, 6.07) is 0. The molecule has 2 rings (SSSR count). The Labute approximate surface area is 106 Å². The van der Waals surface area contributed by atoms with E-state index in [2.05, 4.69) is 4.98 Å². The highest BCUT2D eigenvalue weighted by atomic mass is 16.6. The topological polar surface area (TPSA) is 72.6 Å². The molecule has 0 spiro atoms. The first-order valence-corrected chi connectivity index (χ1v) is 6.56. The van der Waals surface area contributed by atoms with Crippen LogP contribution in [0.3, 0.4) is 0 Å². The summed E-state index contributed by atoms with van der Waals surface area (Å²) in [5.74, 6) is 0.143. The van der Waals surface area contributed by atoms with Crippen molar-refractivity contribution >= 4 is 5.97 Å². The van der Waals surface area contributed by atoms with Crippen molar-refractivity contribution in [1.82, 2.24) is 4.98 Å². The van der Waals surface area contributed by atoms with Crippen molar-refractivity contribution in [3.8, 4) is 5.95 Å². The van der Waals surface area contributed by atoms with Crippen LogP contribution in [0.4, 0.5) is 0 Å². The van der Waals surface area contributed by atoms with E-state index in [0.717, 1.165) is 12.3 Å². The standard InChI is InChI=1S/C13H19NO4/c1-2-17-13-11(12(15)16)14-10(18-13)8-7-9-5-3-4-6-9/h9H,2-8H2,1H3,(H,15,16). The van der Waals surface area contributed by atoms with Crippen LogP contribution in [0, 0.1) is 5.92 Å². The van der Waals surface area contributed by atoms with Crippen LogP contribution in [0.25, 0.3) is 0 Å². The summed E-state index contributed by atoms with van der Waals surface area (Å²) in [5, 5.41) is 8.98. The van der Waals surface area contributed by atoms with Crippen LogP contribution in [0.15, 0.2) is 4.42 Å². The molecular formula is C13H19NO4. The van der Waals surface area contributed by atoms with Gasteiger partial charge in [-0.25, -0.2) is 9.78 Å². The Balaban J connectivity index is 1.99. The Kier molecular flexibility index (Phi) is 4.23. The lowest BCUT2D eigenvalue weighted by Gasteiger charge is -2.05. The number of aromatic nitrogens is 1. The number of aryl methyl sites for hydroxylation is 1. The zero-order valence-electron chi connectivity index (χ0n) is 10.6. The number of rotatable bonds is 6. The Hall–Kier alpha value is -1.52. The number of carboxylic acid groups (broad SMARTS) is 1. The quantitative estimate of drug-likeness (QED) is 0.843. The minimum Gasteiger partial charge on any atom is -0.476 e. The molecule has 1 aliphatic carbocycles. The van der Waals surface area contributed by atoms with Crippen LogP contribution in [-0.4, -0.2) is 22.7 Å². The highest BCUT2D eigenvalue weighted by Crippen LogP contribution is 2.29. The largest absolute Gasteiger partial charge is 0.476 e. The summed E-state index contributed by atoms with van der Waals surface area (Å²) >= 11 is 0. The molecule has 0 bridgehead atoms. The maximum atomic E-state index is 11.0. The van der Waals surface area contributed by atoms with E-state index in [4.69, 9.17) is 14.3 Å². The van der Waals surface area contributed by atoms with Crippen LogP contribution < -0.4 is 4.74 Å². The number of hydrogen-bond donors (Lipinski definition) is 1. The average Bonchev–Trinajstić information content (AvgIpc) is 2.95. The van der Waals surface area contributed by atoms with Gasteiger partial charge in [0.05, 0.1) is 6.61 Å². The molecule has 1 aliphatic rings. The molecule has 1 heterocycles. The van der Waals surface area contributed by atoms with E-state index in [1.807, 2.05) is 0 Å². The lowest BCUT2D eigenvalue weighted by atomic mass is 10.0. The Morgan fingerprint density at radius 3 is 2.83 bits per heavy atom. The van der Waals surface area contributed by atoms with E-state index >= 15 is 0 Å². The Morgan fingerprint density at radius 2 is 2.22 bits per heavy atom. The molecule has 5 heteroatoms. The monoisotopic (exact) mass is 253 g/mol. The van der Waals surface area contributed by atoms with Gasteiger partial charge in [0.1, 0.15) is 0 Å². The summed E-state index contributed by atoms with van der Waals surface area (Å²) in [6.45, 7) is 2.16. The van der Waals surface area contributed by atoms with E-state index < -0.39 is 5.97 Å². The second kappa shape index (κ2) is 5.89. The summed E-state index contributed by atoms with van der Waals surface area (Å²) < 4.78 is 10.5. The van der Waals surface area contributed by atoms with Gasteiger partial charge in [-0.15, -0.1) is 0 Å². The lowest BCUT2D eigenvalue weighted by molar-refractivity contribution is 0.0683. The van der Waals surface area contributed by atoms with Crippen molar-refractivity contribution in [2.45, 2.75) is 45.4 Å². The van der Waals surface area contributed by atoms with Gasteiger partial charge in [-0.2, -0.15) is 0 Å². The van der Waals surface area contributed by atoms with Gasteiger partial charge >= 0.3 is 11.9 Å². The molecule has 18 heavy (non-hydrogen) atoms. The van der Waals surface area contributed by atoms with Gasteiger partial charge < -0.3 is 14.3 Å². The fourth-order valence-corrected chi connectivity index (χ4v) is 2.45. The summed E-state index contributed by atoms with van der Waals surface area (Å²) in [7, 11) is 0. The van der Waals surface area contributed by atoms with Crippen LogP contribution in [0.2, 0.25) is 0 Å². The predicted molar refractivity (Wildman–Crippen MR) is 64.9 cm³/mol. The van der Waals surface area contributed by atoms with Gasteiger partial charge in [0, 0.05) is 6.42 Å². The molecule has 0 aromatic carbocycles. The first-order valence-electron chi connectivity index (χ1n) is 6.56. The smallest absolute Gasteiger partial charge is 0.362 e. The maximum Gasteiger partial charge on any atom is 0.362 e. The van der Waals surface area contributed by atoms with Crippen molar-refractivity contribution < 1.29 is 19.1 Å². The third-order valence-electron chi connectivity index (χ3n) is 3.36. The lowest BCUT2D eigenvalue weighted by Crippen LogP contribution is -2.02. The SMILES string of the molecule is CCOc1oc(CCC2CCCC2)nc1C(=O)O. The van der Waals surface area contributed by atoms with Gasteiger partial charge in [0.15, 0.2) is 5.89 Å². The summed E-state index contributed by atoms with van der Waals surface area (Å²) in [6.07, 6.45) is 6.86. The Bertz CT molecular complexity index is 407. The normalized spacial score (nSPS) is 16.1. The maximum absolute atomic E-state index is 11.0. The first-order chi connectivity index (χ1) is 8.70. The number of hydrogen-bond acceptors (Lipinski definition) is 4. The molecule has 0 unspecified atom stereocenters. The molecule has 0 amide bonds. The number of aromatic carboxylic acids is 1. The first kappa shape index (κ1) is 12.9. The van der Waals surface area contributed by atoms with Gasteiger partial charge in [-0.05, 0) is 19.3 Å². The fourth-order valence-electron chi connectivity index (χ4n) is 2.45. The molecule has 0 atom stereocenters. The summed E-state index contributed by atoms with van der Waals surface area (Å²) in [5.41, 5.74) is -0.113. The molecule has 1 fully saturated rings. The number of ether oxygens (including phenoxy) is 1. The minimum absolute atomic E-state index is 0.0337. The Morgan fingerprint density at radius 1 is 1.50 bits per heavy atom. The van der Waals surface area contributed by atoms with Crippen molar-refractivity contribution in [3.63, 3.8) is 0 Å². The minimum atomic E-state index is -1.10. The molecule has 100 valence electrons. The van der Waals surface area contributed by atoms with E-state index in [1.54, 1.807) is 6.92 Å². The predicted octanol–water partition coefficient (Wildman–Crippen LogP) is 2.89. The van der Waals surface area contributed by atoms with Gasteiger partial charge in [-0.1, -0.05) is 25.7 Å². The second-order valence-corrected chi connectivity index (χ2v) is 4.67. The molecule has 0 aliphatic heterocycles. The molecule has 1 saturated carbocycles. The molecule has 0 saturated heterocycles. The molecule has 5 nitrogen and oxygen atoms in total. The zero-order chi connectivity index (χ0) is 13.0. The van der Waals surface area contributed by atoms with E-state index in [-0.39, 0.29) is 11.6 Å². The van der Waals surface area contributed by atoms with E-state index in [9.17, 15) is 4.79 Å². The molecule has 1 aromatic rings. The molecule has 1 N–H and O–H groups in total. The zero-order valence-corrected chi connectivity index (χ0v) is 10.6. The fraction of sp³-hybridized carbons (Fsp3) is 0.692. The third-order valence-corrected chi connectivity index (χ3v) is 3.36. The van der Waals surface area contributed by atoms with Crippen molar-refractivity contribution in [3.05, 3.63) is 11.6 Å². The number of carboxylic acids is 1. The van der Waals surface area contributed by atoms with Crippen LogP contribution in [0.1, 0.15) is 55.4 Å². The molecule has 1 aromatic heterocycles. The van der Waals surface area contributed by atoms with E-state index in [0.29, 0.717) is 18.9 Å². The number of oxazole rings is 1. The molecular weight excluding hydrogens is 234 g/mol. The van der Waals surface area contributed by atoms with Crippen LogP contribution in [-0.2, 0) is 6.42 Å². The van der Waals surface area contributed by atoms with E-state index in [1.165, 1.54) is 25.7 Å². The highest BCUT2D eigenvalue weighted by Gasteiger charge is 2.22. The average molecular weight is 253 g/mol. The van der Waals surface area contributed by atoms with Crippen molar-refractivity contribution in [1.29, 1.82) is 0 Å². The summed E-state index contributed by atoms with van der Waals surface area (Å²) in [4.78, 5) is 15.0. The van der Waals surface area contributed by atoms with Crippen LogP contribution in [0.5, 0.6) is 5.95 Å². The van der Waals surface area contributed by atoms with Crippen molar-refractivity contribution in [2.24, 2.45) is 5.92 Å². The highest BCUT2D eigenvalue weighted by molar-refractivity contribution is 5.87. The third kappa shape index (κ3) is 3.03.